The summed E-state index contributed by atoms with van der Waals surface area (Å²) in [6.45, 7) is 1.77. The zero-order valence-electron chi connectivity index (χ0n) is 8.98. The maximum atomic E-state index is 5.32. The van der Waals surface area contributed by atoms with E-state index < -0.39 is 0 Å². The summed E-state index contributed by atoms with van der Waals surface area (Å²) in [7, 11) is 1.73. The summed E-state index contributed by atoms with van der Waals surface area (Å²) in [5.41, 5.74) is 2.44. The first-order valence-corrected chi connectivity index (χ1v) is 5.80. The number of nitrogens with one attached hydrogen (secondary N) is 1. The second-order valence-corrected chi connectivity index (χ2v) is 4.46. The van der Waals surface area contributed by atoms with Crippen LogP contribution in [0.15, 0.2) is 10.7 Å². The fourth-order valence-corrected chi connectivity index (χ4v) is 2.20. The van der Waals surface area contributed by atoms with Gasteiger partial charge in [-0.3, -0.25) is 5.43 Å². The van der Waals surface area contributed by atoms with Gasteiger partial charge >= 0.3 is 0 Å². The first kappa shape index (κ1) is 11.6. The summed E-state index contributed by atoms with van der Waals surface area (Å²) in [6, 6.07) is 0. The lowest BCUT2D eigenvalue weighted by molar-refractivity contribution is 0.121. The molecule has 2 rings (SSSR count). The number of halogens is 1. The fraction of sp³-hybridized carbons (Fsp3) is 0.556. The van der Waals surface area contributed by atoms with Crippen molar-refractivity contribution in [2.24, 2.45) is 5.84 Å². The average molecular weight is 288 g/mol. The number of anilines is 2. The molecule has 1 fully saturated rings. The van der Waals surface area contributed by atoms with Gasteiger partial charge in [-0.15, -0.1) is 0 Å². The van der Waals surface area contributed by atoms with Crippen LogP contribution in [0.3, 0.4) is 0 Å². The van der Waals surface area contributed by atoms with Gasteiger partial charge < -0.3 is 9.64 Å². The highest BCUT2D eigenvalue weighted by Crippen LogP contribution is 2.27. The molecule has 88 valence electrons. The third-order valence-corrected chi connectivity index (χ3v) is 3.19. The van der Waals surface area contributed by atoms with Gasteiger partial charge in [0.2, 0.25) is 5.95 Å². The number of nitrogen functional groups attached to an aromatic ring is 1. The number of aromatic nitrogens is 2. The number of nitrogens with two attached hydrogens (primary N) is 1. The molecule has 0 bridgehead atoms. The highest BCUT2D eigenvalue weighted by molar-refractivity contribution is 9.10. The van der Waals surface area contributed by atoms with Crippen LogP contribution in [-0.4, -0.2) is 36.3 Å². The van der Waals surface area contributed by atoms with E-state index >= 15 is 0 Å². The molecule has 1 saturated heterocycles. The minimum Gasteiger partial charge on any atom is -0.380 e. The van der Waals surface area contributed by atoms with E-state index in [0.29, 0.717) is 5.95 Å². The van der Waals surface area contributed by atoms with Gasteiger partial charge in [0, 0.05) is 26.4 Å². The standard InChI is InChI=1S/C9H14BrN5O/c1-16-6-2-3-15(5-6)8-7(10)4-12-9(13-8)14-11/h4,6H,2-3,5,11H2,1H3,(H,12,13,14). The molecule has 0 radical (unpaired) electrons. The Morgan fingerprint density at radius 3 is 3.12 bits per heavy atom. The van der Waals surface area contributed by atoms with E-state index in [-0.39, 0.29) is 6.10 Å². The van der Waals surface area contributed by atoms with Crippen LogP contribution in [-0.2, 0) is 4.74 Å². The van der Waals surface area contributed by atoms with Crippen molar-refractivity contribution in [2.75, 3.05) is 30.5 Å². The van der Waals surface area contributed by atoms with Gasteiger partial charge in [-0.25, -0.2) is 10.8 Å². The fourth-order valence-electron chi connectivity index (χ4n) is 1.76. The van der Waals surface area contributed by atoms with Crippen LogP contribution >= 0.6 is 15.9 Å². The normalized spacial score (nSPS) is 20.2. The van der Waals surface area contributed by atoms with Crippen molar-refractivity contribution in [1.82, 2.24) is 9.97 Å². The van der Waals surface area contributed by atoms with Crippen LogP contribution in [0.2, 0.25) is 0 Å². The molecule has 1 aromatic heterocycles. The Bertz CT molecular complexity index is 375. The number of hydrazine groups is 1. The zero-order valence-corrected chi connectivity index (χ0v) is 10.6. The van der Waals surface area contributed by atoms with Crippen LogP contribution in [0.1, 0.15) is 6.42 Å². The summed E-state index contributed by atoms with van der Waals surface area (Å²) in [5, 5.41) is 0. The summed E-state index contributed by atoms with van der Waals surface area (Å²) in [4.78, 5) is 10.5. The van der Waals surface area contributed by atoms with E-state index in [1.807, 2.05) is 0 Å². The van der Waals surface area contributed by atoms with Crippen LogP contribution in [0, 0.1) is 0 Å². The molecule has 0 saturated carbocycles. The molecule has 1 atom stereocenters. The maximum Gasteiger partial charge on any atom is 0.239 e. The van der Waals surface area contributed by atoms with E-state index in [1.54, 1.807) is 13.3 Å². The average Bonchev–Trinajstić information content (AvgIpc) is 2.78. The second kappa shape index (κ2) is 4.94. The molecule has 3 N–H and O–H groups in total. The molecule has 0 spiro atoms. The van der Waals surface area contributed by atoms with Gasteiger partial charge in [-0.1, -0.05) is 0 Å². The summed E-state index contributed by atoms with van der Waals surface area (Å²) < 4.78 is 6.18. The highest BCUT2D eigenvalue weighted by atomic mass is 79.9. The van der Waals surface area contributed by atoms with Crippen molar-refractivity contribution in [3.05, 3.63) is 10.7 Å². The Morgan fingerprint density at radius 1 is 1.69 bits per heavy atom. The summed E-state index contributed by atoms with van der Waals surface area (Å²) >= 11 is 3.44. The molecule has 1 aliphatic heterocycles. The predicted octanol–water partition coefficient (Wildman–Crippen LogP) is 0.750. The Kier molecular flexibility index (Phi) is 3.57. The molecule has 1 aromatic rings. The minimum atomic E-state index is 0.274. The Balaban J connectivity index is 2.20. The van der Waals surface area contributed by atoms with Crippen LogP contribution in [0.5, 0.6) is 0 Å². The smallest absolute Gasteiger partial charge is 0.239 e. The largest absolute Gasteiger partial charge is 0.380 e. The van der Waals surface area contributed by atoms with Gasteiger partial charge in [0.05, 0.1) is 10.6 Å². The second-order valence-electron chi connectivity index (χ2n) is 3.60. The van der Waals surface area contributed by atoms with Crippen molar-refractivity contribution in [2.45, 2.75) is 12.5 Å². The van der Waals surface area contributed by atoms with Gasteiger partial charge in [0.15, 0.2) is 0 Å². The summed E-state index contributed by atoms with van der Waals surface area (Å²) in [5.74, 6) is 6.55. The predicted molar refractivity (Wildman–Crippen MR) is 65.2 cm³/mol. The molecule has 16 heavy (non-hydrogen) atoms. The monoisotopic (exact) mass is 287 g/mol. The number of nitrogens with zero attached hydrogens (tertiary/aromatic N) is 3. The lowest BCUT2D eigenvalue weighted by atomic mass is 10.3. The third-order valence-electron chi connectivity index (χ3n) is 2.63. The van der Waals surface area contributed by atoms with E-state index in [0.717, 1.165) is 29.8 Å². The molecule has 0 aliphatic carbocycles. The molecule has 2 heterocycles. The van der Waals surface area contributed by atoms with Crippen molar-refractivity contribution in [1.29, 1.82) is 0 Å². The van der Waals surface area contributed by atoms with Crippen LogP contribution in [0.25, 0.3) is 0 Å². The summed E-state index contributed by atoms with van der Waals surface area (Å²) in [6.07, 6.45) is 2.98. The van der Waals surface area contributed by atoms with Crippen LogP contribution in [0.4, 0.5) is 11.8 Å². The maximum absolute atomic E-state index is 5.32. The Morgan fingerprint density at radius 2 is 2.50 bits per heavy atom. The van der Waals surface area contributed by atoms with Crippen molar-refractivity contribution >= 4 is 27.7 Å². The quantitative estimate of drug-likeness (QED) is 0.631. The minimum absolute atomic E-state index is 0.274. The SMILES string of the molecule is COC1CCN(c2nc(NN)ncc2Br)C1. The molecular formula is C9H14BrN5O. The number of hydrogen-bond acceptors (Lipinski definition) is 6. The first-order chi connectivity index (χ1) is 7.74. The Hall–Kier alpha value is -0.920. The van der Waals surface area contributed by atoms with Crippen LogP contribution < -0.4 is 16.2 Å². The molecule has 7 heteroatoms. The lowest BCUT2D eigenvalue weighted by Crippen LogP contribution is -2.24. The number of methoxy groups -OCH3 is 1. The number of hydrogen-bond donors (Lipinski definition) is 2. The molecule has 0 amide bonds. The Labute approximate surface area is 102 Å². The van der Waals surface area contributed by atoms with Crippen molar-refractivity contribution in [3.8, 4) is 0 Å². The third kappa shape index (κ3) is 2.26. The van der Waals surface area contributed by atoms with Gasteiger partial charge in [0.25, 0.3) is 0 Å². The van der Waals surface area contributed by atoms with Crippen molar-refractivity contribution < 1.29 is 4.74 Å². The molecule has 0 aromatic carbocycles. The zero-order chi connectivity index (χ0) is 11.5. The lowest BCUT2D eigenvalue weighted by Gasteiger charge is -2.18. The number of ether oxygens (including phenoxy) is 1. The van der Waals surface area contributed by atoms with E-state index in [2.05, 4.69) is 36.2 Å². The van der Waals surface area contributed by atoms with E-state index in [4.69, 9.17) is 10.6 Å². The molecule has 1 aliphatic rings. The van der Waals surface area contributed by atoms with Gasteiger partial charge in [0.1, 0.15) is 5.82 Å². The molecular weight excluding hydrogens is 274 g/mol. The van der Waals surface area contributed by atoms with Gasteiger partial charge in [-0.2, -0.15) is 4.98 Å². The van der Waals surface area contributed by atoms with Crippen molar-refractivity contribution in [3.63, 3.8) is 0 Å². The number of rotatable bonds is 3. The van der Waals surface area contributed by atoms with E-state index in [9.17, 15) is 0 Å². The van der Waals surface area contributed by atoms with E-state index in [1.165, 1.54) is 0 Å². The molecule has 1 unspecified atom stereocenters. The topological polar surface area (TPSA) is 76.3 Å². The van der Waals surface area contributed by atoms with Gasteiger partial charge in [-0.05, 0) is 22.4 Å². The highest BCUT2D eigenvalue weighted by Gasteiger charge is 2.24. The molecule has 6 nitrogen and oxygen atoms in total. The first-order valence-electron chi connectivity index (χ1n) is 5.01.